The smallest absolute Gasteiger partial charge is 0.410 e. The summed E-state index contributed by atoms with van der Waals surface area (Å²) < 4.78 is 10.3. The number of hydrogen-bond donors (Lipinski definition) is 2. The van der Waals surface area contributed by atoms with Crippen molar-refractivity contribution in [3.05, 3.63) is 12.7 Å². The van der Waals surface area contributed by atoms with Gasteiger partial charge in [0.1, 0.15) is 6.61 Å². The minimum Gasteiger partial charge on any atom is -0.480 e. The van der Waals surface area contributed by atoms with Gasteiger partial charge in [0.15, 0.2) is 5.54 Å². The van der Waals surface area contributed by atoms with Crippen LogP contribution in [-0.4, -0.2) is 66.6 Å². The second-order valence-corrected chi connectivity index (χ2v) is 5.12. The molecule has 7 nitrogen and oxygen atoms in total. The first-order valence-corrected chi connectivity index (χ1v) is 6.70. The van der Waals surface area contributed by atoms with Gasteiger partial charge < -0.3 is 19.5 Å². The Morgan fingerprint density at radius 1 is 1.55 bits per heavy atom. The molecule has 1 amide bonds. The summed E-state index contributed by atoms with van der Waals surface area (Å²) in [4.78, 5) is 24.3. The number of nitrogens with zero attached hydrogens (tertiary/aromatic N) is 1. The Balaban J connectivity index is 1.82. The van der Waals surface area contributed by atoms with Gasteiger partial charge in [0.05, 0.1) is 19.2 Å². The van der Waals surface area contributed by atoms with E-state index in [4.69, 9.17) is 9.47 Å². The summed E-state index contributed by atoms with van der Waals surface area (Å²) in [6.45, 7) is 4.99. The molecule has 0 aromatic heterocycles. The maximum Gasteiger partial charge on any atom is 0.410 e. The minimum absolute atomic E-state index is 0.0630. The van der Waals surface area contributed by atoms with Crippen molar-refractivity contribution in [3.63, 3.8) is 0 Å². The van der Waals surface area contributed by atoms with Gasteiger partial charge in [-0.3, -0.25) is 10.1 Å². The molecule has 2 aliphatic rings. The number of amides is 1. The van der Waals surface area contributed by atoms with Crippen molar-refractivity contribution in [2.45, 2.75) is 24.5 Å². The molecule has 2 saturated heterocycles. The number of aliphatic carboxylic acids is 1. The number of carbonyl (C=O) groups excluding carboxylic acids is 1. The quantitative estimate of drug-likeness (QED) is 0.678. The average Bonchev–Trinajstić information content (AvgIpc) is 2.87. The van der Waals surface area contributed by atoms with Crippen LogP contribution in [0.4, 0.5) is 4.79 Å². The number of likely N-dealkylation sites (tertiary alicyclic amines) is 1. The summed E-state index contributed by atoms with van der Waals surface area (Å²) in [7, 11) is 0. The molecule has 2 fully saturated rings. The Labute approximate surface area is 117 Å². The molecule has 2 aliphatic heterocycles. The third-order valence-electron chi connectivity index (χ3n) is 3.61. The molecule has 0 radical (unpaired) electrons. The summed E-state index contributed by atoms with van der Waals surface area (Å²) in [6, 6.07) is 0. The summed E-state index contributed by atoms with van der Waals surface area (Å²) in [5.41, 5.74) is -1.08. The molecule has 1 unspecified atom stereocenters. The van der Waals surface area contributed by atoms with E-state index in [2.05, 4.69) is 11.9 Å². The zero-order valence-corrected chi connectivity index (χ0v) is 11.3. The highest BCUT2D eigenvalue weighted by molar-refractivity contribution is 5.84. The van der Waals surface area contributed by atoms with Gasteiger partial charge in [0, 0.05) is 13.2 Å². The topological polar surface area (TPSA) is 88.1 Å². The Hall–Kier alpha value is -1.60. The first kappa shape index (κ1) is 14.8. The van der Waals surface area contributed by atoms with Crippen LogP contribution in [-0.2, 0) is 14.3 Å². The van der Waals surface area contributed by atoms with Gasteiger partial charge >= 0.3 is 12.1 Å². The van der Waals surface area contributed by atoms with Gasteiger partial charge in [-0.15, -0.1) is 0 Å². The largest absolute Gasteiger partial charge is 0.480 e. The predicted molar refractivity (Wildman–Crippen MR) is 70.5 cm³/mol. The highest BCUT2D eigenvalue weighted by atomic mass is 16.6. The van der Waals surface area contributed by atoms with Crippen molar-refractivity contribution in [1.29, 1.82) is 0 Å². The fourth-order valence-corrected chi connectivity index (χ4v) is 2.39. The molecular formula is C13H20N2O5. The first-order chi connectivity index (χ1) is 9.57. The monoisotopic (exact) mass is 284 g/mol. The number of ether oxygens (including phenoxy) is 2. The van der Waals surface area contributed by atoms with Crippen molar-refractivity contribution < 1.29 is 24.2 Å². The van der Waals surface area contributed by atoms with Gasteiger partial charge in [-0.2, -0.15) is 0 Å². The number of nitrogens with one attached hydrogen (secondary N) is 1. The van der Waals surface area contributed by atoms with E-state index in [1.54, 1.807) is 0 Å². The van der Waals surface area contributed by atoms with Crippen LogP contribution < -0.4 is 5.32 Å². The predicted octanol–water partition coefficient (Wildman–Crippen LogP) is 0.217. The molecule has 0 aromatic rings. The molecule has 2 heterocycles. The van der Waals surface area contributed by atoms with E-state index in [1.165, 1.54) is 11.0 Å². The molecule has 0 spiro atoms. The highest BCUT2D eigenvalue weighted by Gasteiger charge is 2.52. The summed E-state index contributed by atoms with van der Waals surface area (Å²) in [5, 5.41) is 12.4. The fourth-order valence-electron chi connectivity index (χ4n) is 2.39. The van der Waals surface area contributed by atoms with Crippen LogP contribution in [0.1, 0.15) is 12.8 Å². The number of hydrogen-bond acceptors (Lipinski definition) is 5. The van der Waals surface area contributed by atoms with Gasteiger partial charge in [0.25, 0.3) is 0 Å². The Morgan fingerprint density at radius 3 is 2.85 bits per heavy atom. The molecule has 2 N–H and O–H groups in total. The van der Waals surface area contributed by atoms with Crippen molar-refractivity contribution >= 4 is 12.1 Å². The van der Waals surface area contributed by atoms with Crippen LogP contribution in [0.2, 0.25) is 0 Å². The van der Waals surface area contributed by atoms with E-state index in [-0.39, 0.29) is 25.8 Å². The van der Waals surface area contributed by atoms with Crippen LogP contribution in [0.5, 0.6) is 0 Å². The number of carboxylic acid groups (broad SMARTS) is 1. The lowest BCUT2D eigenvalue weighted by Gasteiger charge is -2.46. The molecule has 0 bridgehead atoms. The number of rotatable bonds is 6. The van der Waals surface area contributed by atoms with E-state index >= 15 is 0 Å². The zero-order valence-electron chi connectivity index (χ0n) is 11.3. The normalized spacial score (nSPS) is 24.0. The van der Waals surface area contributed by atoms with Crippen LogP contribution in [0.3, 0.4) is 0 Å². The maximum atomic E-state index is 11.6. The second kappa shape index (κ2) is 6.23. The lowest BCUT2D eigenvalue weighted by Crippen LogP contribution is -2.74. The SMILES string of the molecule is C=CCOC(=O)N1CC(NCC2CCCO2)(C(=O)O)C1. The van der Waals surface area contributed by atoms with Crippen molar-refractivity contribution in [2.24, 2.45) is 0 Å². The van der Waals surface area contributed by atoms with E-state index in [1.807, 2.05) is 0 Å². The van der Waals surface area contributed by atoms with Gasteiger partial charge in [-0.1, -0.05) is 12.7 Å². The Bertz CT molecular complexity index is 386. The second-order valence-electron chi connectivity index (χ2n) is 5.12. The molecule has 7 heteroatoms. The summed E-state index contributed by atoms with van der Waals surface area (Å²) in [5.74, 6) is -0.955. The third kappa shape index (κ3) is 3.10. The van der Waals surface area contributed by atoms with E-state index < -0.39 is 17.6 Å². The van der Waals surface area contributed by atoms with E-state index in [0.717, 1.165) is 19.4 Å². The van der Waals surface area contributed by atoms with Crippen molar-refractivity contribution in [1.82, 2.24) is 10.2 Å². The molecule has 0 saturated carbocycles. The summed E-state index contributed by atoms with van der Waals surface area (Å²) >= 11 is 0. The molecule has 1 atom stereocenters. The maximum absolute atomic E-state index is 11.6. The van der Waals surface area contributed by atoms with Crippen LogP contribution >= 0.6 is 0 Å². The Morgan fingerprint density at radius 2 is 2.30 bits per heavy atom. The van der Waals surface area contributed by atoms with E-state index in [0.29, 0.717) is 6.54 Å². The average molecular weight is 284 g/mol. The standard InChI is InChI=1S/C13H20N2O5/c1-2-5-20-12(18)15-8-13(9-15,11(16)17)14-7-10-4-3-6-19-10/h2,10,14H,1,3-9H2,(H,16,17). The highest BCUT2D eigenvalue weighted by Crippen LogP contribution is 2.23. The minimum atomic E-state index is -1.08. The zero-order chi connectivity index (χ0) is 14.6. The fraction of sp³-hybridized carbons (Fsp3) is 0.692. The molecule has 20 heavy (non-hydrogen) atoms. The molecule has 0 aromatic carbocycles. The van der Waals surface area contributed by atoms with Crippen LogP contribution in [0.15, 0.2) is 12.7 Å². The van der Waals surface area contributed by atoms with Crippen molar-refractivity contribution in [3.8, 4) is 0 Å². The first-order valence-electron chi connectivity index (χ1n) is 6.70. The van der Waals surface area contributed by atoms with E-state index in [9.17, 15) is 14.7 Å². The van der Waals surface area contributed by atoms with Crippen molar-refractivity contribution in [2.75, 3.05) is 32.8 Å². The number of carboxylic acids is 1. The van der Waals surface area contributed by atoms with Gasteiger partial charge in [-0.25, -0.2) is 4.79 Å². The molecule has 0 aliphatic carbocycles. The van der Waals surface area contributed by atoms with Crippen LogP contribution in [0.25, 0.3) is 0 Å². The lowest BCUT2D eigenvalue weighted by atomic mass is 9.90. The molecular weight excluding hydrogens is 264 g/mol. The molecule has 2 rings (SSSR count). The van der Waals surface area contributed by atoms with Gasteiger partial charge in [0.2, 0.25) is 0 Å². The molecule has 112 valence electrons. The van der Waals surface area contributed by atoms with Gasteiger partial charge in [-0.05, 0) is 12.8 Å². The third-order valence-corrected chi connectivity index (χ3v) is 3.61. The lowest BCUT2D eigenvalue weighted by molar-refractivity contribution is -0.152. The van der Waals surface area contributed by atoms with Crippen LogP contribution in [0, 0.1) is 0 Å². The number of carbonyl (C=O) groups is 2. The summed E-state index contributed by atoms with van der Waals surface area (Å²) in [6.07, 6.45) is 2.96. The Kier molecular flexibility index (Phi) is 4.61.